The lowest BCUT2D eigenvalue weighted by Gasteiger charge is -2.32. The number of benzene rings is 1. The highest BCUT2D eigenvalue weighted by molar-refractivity contribution is 7.87. The summed E-state index contributed by atoms with van der Waals surface area (Å²) in [6.07, 6.45) is 3.38. The first-order valence-electron chi connectivity index (χ1n) is 7.19. The van der Waals surface area contributed by atoms with Crippen molar-refractivity contribution in [2.24, 2.45) is 5.73 Å². The summed E-state index contributed by atoms with van der Waals surface area (Å²) in [6.45, 7) is 0. The molecular weight excluding hydrogens is 304 g/mol. The largest absolute Gasteiger partial charge is 0.369 e. The lowest BCUT2D eigenvalue weighted by molar-refractivity contribution is -0.120. The predicted octanol–water partition coefficient (Wildman–Crippen LogP) is 1.94. The lowest BCUT2D eigenvalue weighted by atomic mass is 9.83. The number of fused-ring (bicyclic) bond motifs is 1. The highest BCUT2D eigenvalue weighted by atomic mass is 32.2. The van der Waals surface area contributed by atoms with E-state index in [1.807, 2.05) is 24.3 Å². The van der Waals surface area contributed by atoms with Crippen LogP contribution in [-0.2, 0) is 14.9 Å². The van der Waals surface area contributed by atoms with E-state index in [0.717, 1.165) is 10.9 Å². The highest BCUT2D eigenvalue weighted by Crippen LogP contribution is 2.48. The van der Waals surface area contributed by atoms with Crippen LogP contribution in [0.2, 0.25) is 0 Å². The Labute approximate surface area is 128 Å². The van der Waals surface area contributed by atoms with Crippen molar-refractivity contribution in [3.05, 3.63) is 36.0 Å². The number of rotatable bonds is 4. The average Bonchev–Trinajstić information content (AvgIpc) is 3.07. The normalized spacial score (nSPS) is 19.3. The van der Waals surface area contributed by atoms with Crippen LogP contribution in [0.4, 0.5) is 0 Å². The van der Waals surface area contributed by atoms with Crippen molar-refractivity contribution in [2.45, 2.75) is 36.3 Å². The van der Waals surface area contributed by atoms with Crippen LogP contribution in [0.5, 0.6) is 0 Å². The van der Waals surface area contributed by atoms with Crippen LogP contribution < -0.4 is 5.73 Å². The molecule has 4 N–H and O–H groups in total. The molecule has 2 aromatic rings. The molecule has 0 spiro atoms. The van der Waals surface area contributed by atoms with Gasteiger partial charge in [0, 0.05) is 17.1 Å². The van der Waals surface area contributed by atoms with E-state index in [0.29, 0.717) is 18.4 Å². The molecule has 1 amide bonds. The minimum Gasteiger partial charge on any atom is -0.369 e. The van der Waals surface area contributed by atoms with Gasteiger partial charge in [0.25, 0.3) is 10.1 Å². The Bertz CT molecular complexity index is 819. The van der Waals surface area contributed by atoms with Gasteiger partial charge in [-0.05, 0) is 24.5 Å². The van der Waals surface area contributed by atoms with Crippen LogP contribution in [0.15, 0.2) is 30.5 Å². The van der Waals surface area contributed by atoms with Gasteiger partial charge < -0.3 is 10.7 Å². The standard InChI is InChI=1S/C15H18N2O4S/c16-14(18)13(15(22(19,20)21)7-3-4-8-15)11-9-17-12-6-2-1-5-10(11)12/h1-2,5-6,9,13,17H,3-4,7-8H2,(H2,16,18)(H,19,20,21). The second kappa shape index (κ2) is 5.10. The zero-order valence-electron chi connectivity index (χ0n) is 12.0. The Hall–Kier alpha value is -1.86. The van der Waals surface area contributed by atoms with Crippen molar-refractivity contribution in [3.8, 4) is 0 Å². The molecule has 0 saturated heterocycles. The fourth-order valence-electron chi connectivity index (χ4n) is 3.70. The summed E-state index contributed by atoms with van der Waals surface area (Å²) in [6, 6.07) is 7.30. The minimum atomic E-state index is -4.42. The van der Waals surface area contributed by atoms with Gasteiger partial charge in [0.2, 0.25) is 5.91 Å². The SMILES string of the molecule is NC(=O)C(c1c[nH]c2ccccc12)C1(S(=O)(=O)O)CCCC1. The molecule has 0 bridgehead atoms. The maximum absolute atomic E-state index is 12.1. The van der Waals surface area contributed by atoms with Gasteiger partial charge in [0.15, 0.2) is 0 Å². The number of carbonyl (C=O) groups excluding carboxylic acids is 1. The summed E-state index contributed by atoms with van der Waals surface area (Å²) in [4.78, 5) is 15.1. The van der Waals surface area contributed by atoms with Crippen molar-refractivity contribution >= 4 is 26.9 Å². The van der Waals surface area contributed by atoms with E-state index >= 15 is 0 Å². The molecule has 7 heteroatoms. The van der Waals surface area contributed by atoms with Crippen LogP contribution in [0, 0.1) is 0 Å². The van der Waals surface area contributed by atoms with Crippen molar-refractivity contribution in [1.29, 1.82) is 0 Å². The summed E-state index contributed by atoms with van der Waals surface area (Å²) >= 11 is 0. The number of para-hydroxylation sites is 1. The molecule has 0 radical (unpaired) electrons. The molecule has 1 saturated carbocycles. The van der Waals surface area contributed by atoms with Crippen LogP contribution in [0.1, 0.15) is 37.2 Å². The van der Waals surface area contributed by atoms with Crippen LogP contribution in [-0.4, -0.2) is 28.6 Å². The molecule has 1 aromatic carbocycles. The summed E-state index contributed by atoms with van der Waals surface area (Å²) in [5.74, 6) is -1.80. The first kappa shape index (κ1) is 15.1. The summed E-state index contributed by atoms with van der Waals surface area (Å²) in [5.41, 5.74) is 6.88. The maximum Gasteiger partial charge on any atom is 0.271 e. The number of amides is 1. The first-order valence-corrected chi connectivity index (χ1v) is 8.63. The van der Waals surface area contributed by atoms with E-state index in [1.165, 1.54) is 0 Å². The highest BCUT2D eigenvalue weighted by Gasteiger charge is 2.54. The third kappa shape index (κ3) is 2.12. The van der Waals surface area contributed by atoms with Gasteiger partial charge in [0.05, 0.1) is 5.92 Å². The third-order valence-corrected chi connectivity index (χ3v) is 6.38. The van der Waals surface area contributed by atoms with Crippen molar-refractivity contribution in [3.63, 3.8) is 0 Å². The maximum atomic E-state index is 12.1. The number of aromatic nitrogens is 1. The molecule has 1 aliphatic rings. The molecule has 22 heavy (non-hydrogen) atoms. The molecule has 1 aliphatic carbocycles. The molecule has 1 aromatic heterocycles. The molecule has 0 aliphatic heterocycles. The number of hydrogen-bond donors (Lipinski definition) is 3. The number of primary amides is 1. The third-order valence-electron chi connectivity index (χ3n) is 4.71. The number of H-pyrrole nitrogens is 1. The Kier molecular flexibility index (Phi) is 3.49. The van der Waals surface area contributed by atoms with Gasteiger partial charge in [-0.2, -0.15) is 8.42 Å². The Morgan fingerprint density at radius 2 is 1.91 bits per heavy atom. The molecule has 3 rings (SSSR count). The Morgan fingerprint density at radius 3 is 2.50 bits per heavy atom. The fourth-order valence-corrected chi connectivity index (χ4v) is 5.04. The molecule has 1 atom stereocenters. The molecule has 1 unspecified atom stereocenters. The van der Waals surface area contributed by atoms with Gasteiger partial charge in [-0.15, -0.1) is 0 Å². The monoisotopic (exact) mass is 322 g/mol. The van der Waals surface area contributed by atoms with Crippen molar-refractivity contribution < 1.29 is 17.8 Å². The van der Waals surface area contributed by atoms with Gasteiger partial charge in [0.1, 0.15) is 4.75 Å². The smallest absolute Gasteiger partial charge is 0.271 e. The van der Waals surface area contributed by atoms with Gasteiger partial charge in [-0.25, -0.2) is 0 Å². The van der Waals surface area contributed by atoms with Crippen LogP contribution in [0.25, 0.3) is 10.9 Å². The van der Waals surface area contributed by atoms with E-state index < -0.39 is 26.7 Å². The topological polar surface area (TPSA) is 113 Å². The number of carbonyl (C=O) groups is 1. The summed E-state index contributed by atoms with van der Waals surface area (Å²) < 4.78 is 32.4. The second-order valence-electron chi connectivity index (χ2n) is 5.87. The molecular formula is C15H18N2O4S. The quantitative estimate of drug-likeness (QED) is 0.746. The predicted molar refractivity (Wildman–Crippen MR) is 83.0 cm³/mol. The lowest BCUT2D eigenvalue weighted by Crippen LogP contribution is -2.47. The summed E-state index contributed by atoms with van der Waals surface area (Å²) in [5, 5.41) is 0.751. The average molecular weight is 322 g/mol. The number of hydrogen-bond acceptors (Lipinski definition) is 3. The van der Waals surface area contributed by atoms with Crippen LogP contribution in [0.3, 0.4) is 0 Å². The number of aromatic amines is 1. The van der Waals surface area contributed by atoms with Crippen molar-refractivity contribution in [2.75, 3.05) is 0 Å². The Balaban J connectivity index is 2.24. The van der Waals surface area contributed by atoms with E-state index in [9.17, 15) is 17.8 Å². The van der Waals surface area contributed by atoms with Gasteiger partial charge >= 0.3 is 0 Å². The summed E-state index contributed by atoms with van der Waals surface area (Å²) in [7, 11) is -4.42. The van der Waals surface area contributed by atoms with E-state index in [4.69, 9.17) is 5.73 Å². The number of nitrogens with two attached hydrogens (primary N) is 1. The molecule has 1 heterocycles. The van der Waals surface area contributed by atoms with Gasteiger partial charge in [-0.3, -0.25) is 9.35 Å². The minimum absolute atomic E-state index is 0.235. The molecule has 118 valence electrons. The van der Waals surface area contributed by atoms with E-state index in [1.54, 1.807) is 6.20 Å². The van der Waals surface area contributed by atoms with E-state index in [2.05, 4.69) is 4.98 Å². The van der Waals surface area contributed by atoms with E-state index in [-0.39, 0.29) is 12.8 Å². The first-order chi connectivity index (χ1) is 10.4. The zero-order valence-corrected chi connectivity index (χ0v) is 12.8. The molecule has 1 fully saturated rings. The Morgan fingerprint density at radius 1 is 1.27 bits per heavy atom. The zero-order chi connectivity index (χ0) is 16.0. The van der Waals surface area contributed by atoms with Gasteiger partial charge in [-0.1, -0.05) is 31.0 Å². The van der Waals surface area contributed by atoms with Crippen molar-refractivity contribution in [1.82, 2.24) is 4.98 Å². The number of nitrogens with one attached hydrogen (secondary N) is 1. The second-order valence-corrected chi connectivity index (χ2v) is 7.64. The fraction of sp³-hybridized carbons (Fsp3) is 0.400. The van der Waals surface area contributed by atoms with Crippen LogP contribution >= 0.6 is 0 Å². The molecule has 6 nitrogen and oxygen atoms in total.